The van der Waals surface area contributed by atoms with Crippen LogP contribution in [0.5, 0.6) is 0 Å². The van der Waals surface area contributed by atoms with E-state index in [1.807, 2.05) is 0 Å². The molecule has 0 aliphatic rings. The standard InChI is InChI=1S/C4H9O4PS/c1-4(5)8-2-3-9(6,7)10/h2-3H2,1H3,(H2,6,7,10). The van der Waals surface area contributed by atoms with Crippen LogP contribution >= 0.6 is 6.49 Å². The molecular formula is C4H9O4PS. The van der Waals surface area contributed by atoms with Gasteiger partial charge in [-0.25, -0.2) is 0 Å². The molecule has 6 heteroatoms. The molecule has 0 unspecified atom stereocenters. The summed E-state index contributed by atoms with van der Waals surface area (Å²) in [6.07, 6.45) is -0.0398. The summed E-state index contributed by atoms with van der Waals surface area (Å²) in [7, 11) is 0. The molecule has 4 nitrogen and oxygen atoms in total. The van der Waals surface area contributed by atoms with E-state index in [0.29, 0.717) is 0 Å². The average molecular weight is 184 g/mol. The zero-order valence-electron chi connectivity index (χ0n) is 5.48. The van der Waals surface area contributed by atoms with Gasteiger partial charge in [0.15, 0.2) is 6.49 Å². The van der Waals surface area contributed by atoms with Gasteiger partial charge < -0.3 is 14.5 Å². The normalized spacial score (nSPS) is 11.1. The van der Waals surface area contributed by atoms with Gasteiger partial charge in [-0.3, -0.25) is 4.79 Å². The van der Waals surface area contributed by atoms with Gasteiger partial charge in [0.25, 0.3) is 0 Å². The molecule has 0 aromatic heterocycles. The molecular weight excluding hydrogens is 175 g/mol. The second-order valence-corrected chi connectivity index (χ2v) is 5.26. The highest BCUT2D eigenvalue weighted by Crippen LogP contribution is 2.33. The van der Waals surface area contributed by atoms with Crippen molar-refractivity contribution in [1.82, 2.24) is 0 Å². The van der Waals surface area contributed by atoms with Crippen LogP contribution in [0.4, 0.5) is 0 Å². The lowest BCUT2D eigenvalue weighted by molar-refractivity contribution is -0.140. The van der Waals surface area contributed by atoms with Crippen molar-refractivity contribution in [2.75, 3.05) is 12.8 Å². The minimum atomic E-state index is -3.17. The molecule has 0 amide bonds. The maximum Gasteiger partial charge on any atom is 0.302 e. The van der Waals surface area contributed by atoms with E-state index in [4.69, 9.17) is 9.79 Å². The highest BCUT2D eigenvalue weighted by atomic mass is 32.5. The minimum absolute atomic E-state index is 0.0143. The fraction of sp³-hybridized carbons (Fsp3) is 0.750. The summed E-state index contributed by atoms with van der Waals surface area (Å²) in [6.45, 7) is -1.93. The van der Waals surface area contributed by atoms with Crippen LogP contribution in [0, 0.1) is 0 Å². The van der Waals surface area contributed by atoms with Gasteiger partial charge >= 0.3 is 5.97 Å². The summed E-state index contributed by atoms with van der Waals surface area (Å²) < 4.78 is 4.42. The smallest absolute Gasteiger partial charge is 0.302 e. The van der Waals surface area contributed by atoms with E-state index in [2.05, 4.69) is 16.5 Å². The molecule has 0 saturated heterocycles. The number of esters is 1. The summed E-state index contributed by atoms with van der Waals surface area (Å²) in [6, 6.07) is 0. The minimum Gasteiger partial charge on any atom is -0.465 e. The fourth-order valence-corrected chi connectivity index (χ4v) is 0.861. The van der Waals surface area contributed by atoms with Crippen LogP contribution < -0.4 is 0 Å². The van der Waals surface area contributed by atoms with Crippen molar-refractivity contribution in [3.63, 3.8) is 0 Å². The number of hydrogen-bond acceptors (Lipinski definition) is 3. The van der Waals surface area contributed by atoms with E-state index < -0.39 is 12.5 Å². The van der Waals surface area contributed by atoms with E-state index in [1.165, 1.54) is 6.92 Å². The van der Waals surface area contributed by atoms with Gasteiger partial charge in [-0.05, 0) is 11.8 Å². The van der Waals surface area contributed by atoms with Crippen molar-refractivity contribution in [2.45, 2.75) is 6.92 Å². The number of hydrogen-bond donors (Lipinski definition) is 2. The van der Waals surface area contributed by atoms with Gasteiger partial charge in [0.1, 0.15) is 6.61 Å². The van der Waals surface area contributed by atoms with Crippen LogP contribution in [0.15, 0.2) is 0 Å². The molecule has 0 aliphatic heterocycles. The van der Waals surface area contributed by atoms with E-state index >= 15 is 0 Å². The third kappa shape index (κ3) is 8.04. The Balaban J connectivity index is 3.39. The Morgan fingerprint density at radius 2 is 2.20 bits per heavy atom. The molecule has 10 heavy (non-hydrogen) atoms. The lowest BCUT2D eigenvalue weighted by Gasteiger charge is -2.05. The first-order valence-corrected chi connectivity index (χ1v) is 5.49. The molecule has 0 saturated carbocycles. The lowest BCUT2D eigenvalue weighted by Crippen LogP contribution is -2.04. The zero-order valence-corrected chi connectivity index (χ0v) is 7.19. The zero-order chi connectivity index (χ0) is 8.20. The van der Waals surface area contributed by atoms with Crippen LogP contribution in [-0.4, -0.2) is 28.5 Å². The first-order chi connectivity index (χ1) is 4.42. The molecule has 0 aliphatic carbocycles. The lowest BCUT2D eigenvalue weighted by atomic mass is 10.8. The van der Waals surface area contributed by atoms with Gasteiger partial charge in [0, 0.05) is 6.92 Å². The van der Waals surface area contributed by atoms with Gasteiger partial charge in [0.2, 0.25) is 0 Å². The Labute approximate surface area is 64.0 Å². The monoisotopic (exact) mass is 184 g/mol. The molecule has 0 aromatic rings. The van der Waals surface area contributed by atoms with Crippen molar-refractivity contribution >= 4 is 24.3 Å². The van der Waals surface area contributed by atoms with Gasteiger partial charge in [-0.1, -0.05) is 0 Å². The molecule has 0 fully saturated rings. The summed E-state index contributed by atoms with van der Waals surface area (Å²) in [4.78, 5) is 27.4. The average Bonchev–Trinajstić information content (AvgIpc) is 1.59. The first kappa shape index (κ1) is 10.0. The largest absolute Gasteiger partial charge is 0.465 e. The molecule has 0 radical (unpaired) electrons. The van der Waals surface area contributed by atoms with E-state index in [1.54, 1.807) is 0 Å². The summed E-state index contributed by atoms with van der Waals surface area (Å²) in [5, 5.41) is 0. The topological polar surface area (TPSA) is 66.8 Å². The Bertz CT molecular complexity index is 163. The van der Waals surface area contributed by atoms with Crippen LogP contribution in [0.2, 0.25) is 0 Å². The Morgan fingerprint density at radius 1 is 1.70 bits per heavy atom. The van der Waals surface area contributed by atoms with Crippen molar-refractivity contribution < 1.29 is 19.3 Å². The fourth-order valence-electron chi connectivity index (χ4n) is 0.308. The quantitative estimate of drug-likeness (QED) is 0.471. The van der Waals surface area contributed by atoms with Crippen LogP contribution in [0.1, 0.15) is 6.92 Å². The number of carbonyl (C=O) groups excluding carboxylic acids is 1. The summed E-state index contributed by atoms with van der Waals surface area (Å²) in [5.41, 5.74) is 0. The van der Waals surface area contributed by atoms with Gasteiger partial charge in [0.05, 0.1) is 6.16 Å². The summed E-state index contributed by atoms with van der Waals surface area (Å²) in [5.74, 6) is -0.441. The Morgan fingerprint density at radius 3 is 2.50 bits per heavy atom. The second-order valence-electron chi connectivity index (χ2n) is 1.73. The van der Waals surface area contributed by atoms with Crippen molar-refractivity contribution in [2.24, 2.45) is 0 Å². The molecule has 0 rings (SSSR count). The van der Waals surface area contributed by atoms with Crippen molar-refractivity contribution in [3.8, 4) is 0 Å². The summed E-state index contributed by atoms with van der Waals surface area (Å²) >= 11 is 4.27. The molecule has 0 spiro atoms. The predicted molar refractivity (Wildman–Crippen MR) is 40.2 cm³/mol. The van der Waals surface area contributed by atoms with Gasteiger partial charge in [-0.15, -0.1) is 0 Å². The number of carbonyl (C=O) groups is 1. The number of ether oxygens (including phenoxy) is 1. The highest BCUT2D eigenvalue weighted by molar-refractivity contribution is 8.09. The van der Waals surface area contributed by atoms with Crippen molar-refractivity contribution in [1.29, 1.82) is 0 Å². The maximum atomic E-state index is 10.1. The molecule has 0 atom stereocenters. The Kier molecular flexibility index (Phi) is 4.05. The molecule has 2 N–H and O–H groups in total. The molecule has 0 aromatic carbocycles. The Hall–Kier alpha value is 0.0400. The highest BCUT2D eigenvalue weighted by Gasteiger charge is 2.06. The maximum absolute atomic E-state index is 10.1. The van der Waals surface area contributed by atoms with E-state index in [-0.39, 0.29) is 12.8 Å². The van der Waals surface area contributed by atoms with Crippen LogP contribution in [-0.2, 0) is 21.3 Å². The van der Waals surface area contributed by atoms with Crippen molar-refractivity contribution in [3.05, 3.63) is 0 Å². The third-order valence-corrected chi connectivity index (χ3v) is 2.00. The number of rotatable bonds is 3. The van der Waals surface area contributed by atoms with Gasteiger partial charge in [-0.2, -0.15) is 0 Å². The first-order valence-electron chi connectivity index (χ1n) is 2.60. The second kappa shape index (κ2) is 4.03. The molecule has 0 bridgehead atoms. The predicted octanol–water partition coefficient (Wildman–Crippen LogP) is -0.156. The van der Waals surface area contributed by atoms with Crippen LogP contribution in [0.25, 0.3) is 0 Å². The SMILES string of the molecule is CC(=O)OCCP(O)(O)=S. The van der Waals surface area contributed by atoms with E-state index in [0.717, 1.165) is 0 Å². The van der Waals surface area contributed by atoms with Crippen LogP contribution in [0.3, 0.4) is 0 Å². The molecule has 0 heterocycles. The molecule has 60 valence electrons. The third-order valence-electron chi connectivity index (χ3n) is 0.688. The van der Waals surface area contributed by atoms with E-state index in [9.17, 15) is 4.79 Å².